The van der Waals surface area contributed by atoms with Crippen molar-refractivity contribution >= 4 is 10.0 Å². The minimum absolute atomic E-state index is 0.0564. The molecule has 4 nitrogen and oxygen atoms in total. The van der Waals surface area contributed by atoms with E-state index in [9.17, 15) is 21.6 Å². The second-order valence-corrected chi connectivity index (χ2v) is 7.07. The minimum atomic E-state index is -4.57. The number of alkyl halides is 3. The largest absolute Gasteiger partial charge is 0.416 e. The van der Waals surface area contributed by atoms with Crippen LogP contribution in [0.4, 0.5) is 13.2 Å². The molecule has 1 heterocycles. The van der Waals surface area contributed by atoms with Crippen LogP contribution in [-0.4, -0.2) is 31.9 Å². The van der Waals surface area contributed by atoms with Gasteiger partial charge in [-0.1, -0.05) is 6.07 Å². The van der Waals surface area contributed by atoms with E-state index in [4.69, 9.17) is 5.73 Å². The number of hydrogen-bond acceptors (Lipinski definition) is 3. The van der Waals surface area contributed by atoms with Crippen LogP contribution in [0.2, 0.25) is 0 Å². The predicted octanol–water partition coefficient (Wildman–Crippen LogP) is 2.13. The second kappa shape index (κ2) is 5.58. The average molecular weight is 322 g/mol. The van der Waals surface area contributed by atoms with Crippen molar-refractivity contribution in [3.05, 3.63) is 29.3 Å². The zero-order valence-electron chi connectivity index (χ0n) is 11.5. The van der Waals surface area contributed by atoms with Gasteiger partial charge in [-0.2, -0.15) is 17.5 Å². The predicted molar refractivity (Wildman–Crippen MR) is 72.1 cm³/mol. The molecule has 0 atom stereocenters. The highest BCUT2D eigenvalue weighted by Gasteiger charge is 2.36. The monoisotopic (exact) mass is 322 g/mol. The third-order valence-electron chi connectivity index (χ3n) is 3.71. The van der Waals surface area contributed by atoms with Gasteiger partial charge in [0.1, 0.15) is 0 Å². The normalized spacial score (nSPS) is 18.9. The third-order valence-corrected chi connectivity index (χ3v) is 5.75. The summed E-state index contributed by atoms with van der Waals surface area (Å²) in [7, 11) is -3.92. The molecule has 0 amide bonds. The fraction of sp³-hybridized carbons (Fsp3) is 0.538. The molecule has 8 heteroatoms. The Hall–Kier alpha value is -1.12. The quantitative estimate of drug-likeness (QED) is 0.907. The molecular weight excluding hydrogens is 305 g/mol. The van der Waals surface area contributed by atoms with Gasteiger partial charge in [0.05, 0.1) is 10.5 Å². The fourth-order valence-electron chi connectivity index (χ4n) is 2.46. The van der Waals surface area contributed by atoms with Crippen LogP contribution in [0, 0.1) is 6.92 Å². The summed E-state index contributed by atoms with van der Waals surface area (Å²) in [5.74, 6) is 0. The van der Waals surface area contributed by atoms with Gasteiger partial charge in [0.2, 0.25) is 10.0 Å². The Kier molecular flexibility index (Phi) is 4.32. The highest BCUT2D eigenvalue weighted by atomic mass is 32.2. The Morgan fingerprint density at radius 2 is 1.81 bits per heavy atom. The Morgan fingerprint density at radius 1 is 1.24 bits per heavy atom. The first-order chi connectivity index (χ1) is 9.64. The van der Waals surface area contributed by atoms with E-state index in [0.29, 0.717) is 12.8 Å². The van der Waals surface area contributed by atoms with Gasteiger partial charge in [-0.05, 0) is 37.5 Å². The minimum Gasteiger partial charge on any atom is -0.328 e. The van der Waals surface area contributed by atoms with Crippen molar-refractivity contribution in [2.45, 2.75) is 36.9 Å². The number of halogens is 3. The summed E-state index contributed by atoms with van der Waals surface area (Å²) >= 11 is 0. The molecule has 0 saturated carbocycles. The topological polar surface area (TPSA) is 63.4 Å². The molecular formula is C13H17F3N2O2S. The van der Waals surface area contributed by atoms with Crippen molar-refractivity contribution in [2.24, 2.45) is 5.73 Å². The van der Waals surface area contributed by atoms with Gasteiger partial charge in [0.25, 0.3) is 0 Å². The molecule has 0 aromatic heterocycles. The molecule has 0 bridgehead atoms. The molecule has 0 radical (unpaired) electrons. The third kappa shape index (κ3) is 3.22. The van der Waals surface area contributed by atoms with Crippen LogP contribution in [0.25, 0.3) is 0 Å². The molecule has 0 spiro atoms. The van der Waals surface area contributed by atoms with Crippen molar-refractivity contribution in [3.8, 4) is 0 Å². The smallest absolute Gasteiger partial charge is 0.328 e. The lowest BCUT2D eigenvalue weighted by atomic mass is 10.1. The average Bonchev–Trinajstić information content (AvgIpc) is 2.37. The zero-order valence-corrected chi connectivity index (χ0v) is 12.3. The van der Waals surface area contributed by atoms with Gasteiger partial charge in [-0.25, -0.2) is 8.42 Å². The molecule has 0 aliphatic carbocycles. The summed E-state index contributed by atoms with van der Waals surface area (Å²) in [5.41, 5.74) is 4.54. The first-order valence-corrected chi connectivity index (χ1v) is 8.00. The number of nitrogens with two attached hydrogens (primary N) is 1. The van der Waals surface area contributed by atoms with E-state index in [0.717, 1.165) is 12.1 Å². The van der Waals surface area contributed by atoms with Crippen LogP contribution in [0.15, 0.2) is 23.1 Å². The van der Waals surface area contributed by atoms with Gasteiger partial charge in [-0.15, -0.1) is 0 Å². The van der Waals surface area contributed by atoms with Gasteiger partial charge in [0, 0.05) is 19.1 Å². The summed E-state index contributed by atoms with van der Waals surface area (Å²) in [5, 5.41) is 0. The summed E-state index contributed by atoms with van der Waals surface area (Å²) in [6.07, 6.45) is -3.55. The van der Waals surface area contributed by atoms with E-state index in [1.54, 1.807) is 0 Å². The van der Waals surface area contributed by atoms with Crippen LogP contribution in [-0.2, 0) is 16.2 Å². The Bertz CT molecular complexity index is 621. The maximum atomic E-state index is 12.9. The molecule has 1 fully saturated rings. The number of rotatable bonds is 2. The Morgan fingerprint density at radius 3 is 2.33 bits per heavy atom. The van der Waals surface area contributed by atoms with Crippen molar-refractivity contribution in [3.63, 3.8) is 0 Å². The zero-order chi connectivity index (χ0) is 15.8. The number of hydrogen-bond donors (Lipinski definition) is 1. The first-order valence-electron chi connectivity index (χ1n) is 6.56. The van der Waals surface area contributed by atoms with E-state index in [1.165, 1.54) is 17.3 Å². The van der Waals surface area contributed by atoms with E-state index < -0.39 is 21.8 Å². The van der Waals surface area contributed by atoms with Crippen LogP contribution in [0.1, 0.15) is 24.0 Å². The number of benzene rings is 1. The fourth-order valence-corrected chi connectivity index (χ4v) is 4.17. The SMILES string of the molecule is Cc1c(C(F)(F)F)cccc1S(=O)(=O)N1CCC(N)CC1. The van der Waals surface area contributed by atoms with Crippen LogP contribution < -0.4 is 5.73 Å². The maximum Gasteiger partial charge on any atom is 0.416 e. The van der Waals surface area contributed by atoms with Gasteiger partial charge in [0.15, 0.2) is 0 Å². The van der Waals surface area contributed by atoms with E-state index >= 15 is 0 Å². The second-order valence-electron chi connectivity index (χ2n) is 5.17. The molecule has 1 aromatic rings. The molecule has 2 rings (SSSR count). The molecule has 21 heavy (non-hydrogen) atoms. The standard InChI is InChI=1S/C13H17F3N2O2S/c1-9-11(13(14,15)16)3-2-4-12(9)21(19,20)18-7-5-10(17)6-8-18/h2-4,10H,5-8,17H2,1H3. The van der Waals surface area contributed by atoms with Crippen molar-refractivity contribution < 1.29 is 21.6 Å². The summed E-state index contributed by atoms with van der Waals surface area (Å²) in [6.45, 7) is 1.66. The maximum absolute atomic E-state index is 12.9. The highest BCUT2D eigenvalue weighted by molar-refractivity contribution is 7.89. The summed E-state index contributed by atoms with van der Waals surface area (Å²) in [6, 6.07) is 3.17. The molecule has 118 valence electrons. The van der Waals surface area contributed by atoms with Gasteiger partial charge < -0.3 is 5.73 Å². The molecule has 1 aromatic carbocycles. The van der Waals surface area contributed by atoms with E-state index in [1.807, 2.05) is 0 Å². The molecule has 1 aliphatic rings. The van der Waals surface area contributed by atoms with Crippen LogP contribution >= 0.6 is 0 Å². The lowest BCUT2D eigenvalue weighted by molar-refractivity contribution is -0.138. The van der Waals surface area contributed by atoms with Gasteiger partial charge in [-0.3, -0.25) is 0 Å². The number of sulfonamides is 1. The number of piperidine rings is 1. The molecule has 1 aliphatic heterocycles. The molecule has 0 unspecified atom stereocenters. The summed E-state index contributed by atoms with van der Waals surface area (Å²) < 4.78 is 64.9. The Balaban J connectivity index is 2.42. The van der Waals surface area contributed by atoms with E-state index in [2.05, 4.69) is 0 Å². The highest BCUT2D eigenvalue weighted by Crippen LogP contribution is 2.35. The van der Waals surface area contributed by atoms with Crippen molar-refractivity contribution in [2.75, 3.05) is 13.1 Å². The van der Waals surface area contributed by atoms with E-state index in [-0.39, 0.29) is 29.6 Å². The Labute approximate surface area is 121 Å². The van der Waals surface area contributed by atoms with Crippen molar-refractivity contribution in [1.29, 1.82) is 0 Å². The van der Waals surface area contributed by atoms with Crippen LogP contribution in [0.5, 0.6) is 0 Å². The number of nitrogens with zero attached hydrogens (tertiary/aromatic N) is 1. The lowest BCUT2D eigenvalue weighted by Gasteiger charge is -2.30. The molecule has 2 N–H and O–H groups in total. The van der Waals surface area contributed by atoms with Crippen molar-refractivity contribution in [1.82, 2.24) is 4.31 Å². The first kappa shape index (κ1) is 16.3. The van der Waals surface area contributed by atoms with Gasteiger partial charge >= 0.3 is 6.18 Å². The lowest BCUT2D eigenvalue weighted by Crippen LogP contribution is -2.43. The van der Waals surface area contributed by atoms with Crippen LogP contribution in [0.3, 0.4) is 0 Å². The molecule has 1 saturated heterocycles. The summed E-state index contributed by atoms with van der Waals surface area (Å²) in [4.78, 5) is -0.284.